The van der Waals surface area contributed by atoms with Crippen LogP contribution in [0.5, 0.6) is 0 Å². The molecule has 1 fully saturated rings. The van der Waals surface area contributed by atoms with Gasteiger partial charge < -0.3 is 15.0 Å². The summed E-state index contributed by atoms with van der Waals surface area (Å²) in [6.45, 7) is 5.70. The Bertz CT molecular complexity index is 356. The van der Waals surface area contributed by atoms with Crippen molar-refractivity contribution in [2.75, 3.05) is 13.2 Å². The third kappa shape index (κ3) is 3.04. The number of aryl methyl sites for hydroxylation is 1. The molecule has 0 bridgehead atoms. The van der Waals surface area contributed by atoms with E-state index in [1.807, 2.05) is 0 Å². The smallest absolute Gasteiger partial charge is 0.246 e. The molecule has 0 saturated carbocycles. The Hall–Kier alpha value is -0.940. The van der Waals surface area contributed by atoms with E-state index in [4.69, 9.17) is 15.0 Å². The SMILES string of the molecule is CC(C)CCc1noc(C2(N)CCOCC2)n1. The fourth-order valence-corrected chi connectivity index (χ4v) is 1.93. The summed E-state index contributed by atoms with van der Waals surface area (Å²) in [6, 6.07) is 0. The Morgan fingerprint density at radius 2 is 2.06 bits per heavy atom. The zero-order valence-electron chi connectivity index (χ0n) is 10.6. The van der Waals surface area contributed by atoms with Gasteiger partial charge in [0.05, 0.1) is 0 Å². The average molecular weight is 239 g/mol. The zero-order valence-corrected chi connectivity index (χ0v) is 10.6. The van der Waals surface area contributed by atoms with Crippen LogP contribution in [0.25, 0.3) is 0 Å². The Morgan fingerprint density at radius 3 is 2.71 bits per heavy atom. The van der Waals surface area contributed by atoms with Gasteiger partial charge in [-0.3, -0.25) is 0 Å². The predicted molar refractivity (Wildman–Crippen MR) is 63.4 cm³/mol. The second-order valence-corrected chi connectivity index (χ2v) is 5.22. The Labute approximate surface area is 102 Å². The Morgan fingerprint density at radius 1 is 1.35 bits per heavy atom. The first-order valence-electron chi connectivity index (χ1n) is 6.30. The minimum Gasteiger partial charge on any atom is -0.381 e. The molecule has 0 atom stereocenters. The van der Waals surface area contributed by atoms with E-state index in [1.165, 1.54) is 0 Å². The van der Waals surface area contributed by atoms with E-state index in [0.29, 0.717) is 25.0 Å². The highest BCUT2D eigenvalue weighted by Crippen LogP contribution is 2.28. The number of nitrogens with two attached hydrogens (primary N) is 1. The van der Waals surface area contributed by atoms with Gasteiger partial charge in [-0.15, -0.1) is 0 Å². The molecule has 17 heavy (non-hydrogen) atoms. The fraction of sp³-hybridized carbons (Fsp3) is 0.833. The molecular weight excluding hydrogens is 218 g/mol. The van der Waals surface area contributed by atoms with E-state index >= 15 is 0 Å². The van der Waals surface area contributed by atoms with Crippen molar-refractivity contribution in [2.45, 2.75) is 45.1 Å². The molecule has 0 amide bonds. The van der Waals surface area contributed by atoms with Gasteiger partial charge in [0.2, 0.25) is 5.89 Å². The third-order valence-corrected chi connectivity index (χ3v) is 3.22. The van der Waals surface area contributed by atoms with Crippen LogP contribution in [0.4, 0.5) is 0 Å². The van der Waals surface area contributed by atoms with Gasteiger partial charge in [0.25, 0.3) is 0 Å². The summed E-state index contributed by atoms with van der Waals surface area (Å²) < 4.78 is 10.6. The standard InChI is InChI=1S/C12H21N3O2/c1-9(2)3-4-10-14-11(17-15-10)12(13)5-7-16-8-6-12/h9H,3-8,13H2,1-2H3. The maximum Gasteiger partial charge on any atom is 0.246 e. The molecule has 5 heteroatoms. The minimum atomic E-state index is -0.485. The Kier molecular flexibility index (Phi) is 3.79. The molecule has 0 radical (unpaired) electrons. The van der Waals surface area contributed by atoms with Gasteiger partial charge in [-0.25, -0.2) is 0 Å². The van der Waals surface area contributed by atoms with Crippen molar-refractivity contribution in [1.29, 1.82) is 0 Å². The summed E-state index contributed by atoms with van der Waals surface area (Å²) in [6.07, 6.45) is 3.42. The van der Waals surface area contributed by atoms with Crippen LogP contribution in [0.15, 0.2) is 4.52 Å². The van der Waals surface area contributed by atoms with Crippen LogP contribution in [0.2, 0.25) is 0 Å². The lowest BCUT2D eigenvalue weighted by Gasteiger charge is -2.29. The van der Waals surface area contributed by atoms with Crippen molar-refractivity contribution in [3.05, 3.63) is 11.7 Å². The molecule has 0 aliphatic carbocycles. The summed E-state index contributed by atoms with van der Waals surface area (Å²) >= 11 is 0. The number of hydrogen-bond donors (Lipinski definition) is 1. The summed E-state index contributed by atoms with van der Waals surface area (Å²) in [7, 11) is 0. The van der Waals surface area contributed by atoms with E-state index in [-0.39, 0.29) is 0 Å². The second-order valence-electron chi connectivity index (χ2n) is 5.22. The van der Waals surface area contributed by atoms with Crippen LogP contribution in [-0.4, -0.2) is 23.4 Å². The maximum absolute atomic E-state index is 6.27. The van der Waals surface area contributed by atoms with Crippen LogP contribution in [0.3, 0.4) is 0 Å². The first kappa shape index (κ1) is 12.5. The van der Waals surface area contributed by atoms with Crippen molar-refractivity contribution >= 4 is 0 Å². The maximum atomic E-state index is 6.27. The van der Waals surface area contributed by atoms with E-state index in [9.17, 15) is 0 Å². The summed E-state index contributed by atoms with van der Waals surface area (Å²) in [5.41, 5.74) is 5.79. The molecule has 96 valence electrons. The molecule has 0 unspecified atom stereocenters. The lowest BCUT2D eigenvalue weighted by molar-refractivity contribution is 0.0400. The van der Waals surface area contributed by atoms with Crippen molar-refractivity contribution in [3.8, 4) is 0 Å². The van der Waals surface area contributed by atoms with Gasteiger partial charge in [-0.1, -0.05) is 19.0 Å². The van der Waals surface area contributed by atoms with Crippen molar-refractivity contribution < 1.29 is 9.26 Å². The second kappa shape index (κ2) is 5.14. The number of ether oxygens (including phenoxy) is 1. The molecule has 2 rings (SSSR count). The molecule has 2 N–H and O–H groups in total. The van der Waals surface area contributed by atoms with Crippen LogP contribution >= 0.6 is 0 Å². The number of aromatic nitrogens is 2. The van der Waals surface area contributed by atoms with Gasteiger partial charge in [0, 0.05) is 19.6 Å². The Balaban J connectivity index is 2.01. The molecule has 1 aliphatic rings. The lowest BCUT2D eigenvalue weighted by Crippen LogP contribution is -2.42. The normalized spacial score (nSPS) is 19.8. The van der Waals surface area contributed by atoms with Gasteiger partial charge >= 0.3 is 0 Å². The van der Waals surface area contributed by atoms with Crippen LogP contribution in [-0.2, 0) is 16.7 Å². The molecule has 0 aromatic carbocycles. The zero-order chi connectivity index (χ0) is 12.3. The van der Waals surface area contributed by atoms with E-state index in [1.54, 1.807) is 0 Å². The quantitative estimate of drug-likeness (QED) is 0.864. The van der Waals surface area contributed by atoms with Gasteiger partial charge in [-0.2, -0.15) is 4.98 Å². The molecule has 1 aromatic heterocycles. The molecule has 0 spiro atoms. The highest BCUT2D eigenvalue weighted by molar-refractivity contribution is 5.03. The molecular formula is C12H21N3O2. The van der Waals surface area contributed by atoms with Crippen molar-refractivity contribution in [2.24, 2.45) is 11.7 Å². The molecule has 1 aromatic rings. The molecule has 2 heterocycles. The van der Waals surface area contributed by atoms with Crippen molar-refractivity contribution in [3.63, 3.8) is 0 Å². The molecule has 1 saturated heterocycles. The highest BCUT2D eigenvalue weighted by atomic mass is 16.5. The number of rotatable bonds is 4. The van der Waals surface area contributed by atoms with Gasteiger partial charge in [-0.05, 0) is 25.2 Å². The van der Waals surface area contributed by atoms with Crippen molar-refractivity contribution in [1.82, 2.24) is 10.1 Å². The van der Waals surface area contributed by atoms with Crippen LogP contribution in [0, 0.1) is 5.92 Å². The topological polar surface area (TPSA) is 74.2 Å². The summed E-state index contributed by atoms with van der Waals surface area (Å²) in [5.74, 6) is 1.98. The van der Waals surface area contributed by atoms with E-state index < -0.39 is 5.54 Å². The molecule has 5 nitrogen and oxygen atoms in total. The average Bonchev–Trinajstić information content (AvgIpc) is 2.76. The summed E-state index contributed by atoms with van der Waals surface area (Å²) in [5, 5.41) is 4.00. The fourth-order valence-electron chi connectivity index (χ4n) is 1.93. The molecule has 1 aliphatic heterocycles. The van der Waals surface area contributed by atoms with Gasteiger partial charge in [0.15, 0.2) is 5.82 Å². The third-order valence-electron chi connectivity index (χ3n) is 3.22. The van der Waals surface area contributed by atoms with E-state index in [2.05, 4.69) is 24.0 Å². The number of nitrogens with zero attached hydrogens (tertiary/aromatic N) is 2. The first-order chi connectivity index (χ1) is 8.10. The minimum absolute atomic E-state index is 0.485. The predicted octanol–water partition coefficient (Wildman–Crippen LogP) is 1.62. The van der Waals surface area contributed by atoms with Gasteiger partial charge in [0.1, 0.15) is 5.54 Å². The number of hydrogen-bond acceptors (Lipinski definition) is 5. The monoisotopic (exact) mass is 239 g/mol. The van der Waals surface area contributed by atoms with Crippen LogP contribution < -0.4 is 5.73 Å². The van der Waals surface area contributed by atoms with Crippen LogP contribution in [0.1, 0.15) is 44.8 Å². The van der Waals surface area contributed by atoms with E-state index in [0.717, 1.165) is 31.5 Å². The first-order valence-corrected chi connectivity index (χ1v) is 6.30. The highest BCUT2D eigenvalue weighted by Gasteiger charge is 2.35. The lowest BCUT2D eigenvalue weighted by atomic mass is 9.91. The summed E-state index contributed by atoms with van der Waals surface area (Å²) in [4.78, 5) is 4.42. The largest absolute Gasteiger partial charge is 0.381 e.